The molecule has 0 fully saturated rings. The lowest BCUT2D eigenvalue weighted by atomic mass is 9.98. The first-order chi connectivity index (χ1) is 10.8. The van der Waals surface area contributed by atoms with Crippen LogP contribution in [0.1, 0.15) is 17.2 Å². The molecular formula is C18H16N4. The Morgan fingerprint density at radius 3 is 2.64 bits per heavy atom. The van der Waals surface area contributed by atoms with Crippen LogP contribution < -0.4 is 0 Å². The fourth-order valence-corrected chi connectivity index (χ4v) is 2.87. The fourth-order valence-electron chi connectivity index (χ4n) is 2.87. The minimum absolute atomic E-state index is 0.0321. The maximum Gasteiger partial charge on any atom is 0.157 e. The summed E-state index contributed by atoms with van der Waals surface area (Å²) in [6.45, 7) is 0.584. The summed E-state index contributed by atoms with van der Waals surface area (Å²) in [5.41, 5.74) is 4.23. The number of benzene rings is 2. The van der Waals surface area contributed by atoms with Crippen molar-refractivity contribution in [2.24, 2.45) is 15.0 Å². The summed E-state index contributed by atoms with van der Waals surface area (Å²) < 4.78 is 0. The number of nitrogens with zero attached hydrogens (tertiary/aromatic N) is 4. The molecule has 0 amide bonds. The Bertz CT molecular complexity index is 790. The molecule has 108 valence electrons. The van der Waals surface area contributed by atoms with E-state index < -0.39 is 0 Å². The highest BCUT2D eigenvalue weighted by atomic mass is 15.2. The van der Waals surface area contributed by atoms with Crippen molar-refractivity contribution in [3.05, 3.63) is 65.7 Å². The third-order valence-electron chi connectivity index (χ3n) is 3.95. The van der Waals surface area contributed by atoms with Gasteiger partial charge in [-0.1, -0.05) is 48.5 Å². The standard InChI is InChI=1S/C18H16N4/c1-22-12-19-11-16-18(22)21-15-10-6-5-9-14(15)17(20-16)13-7-3-2-4-8-13/h2-10,12,17H,11H2,1H3. The van der Waals surface area contributed by atoms with E-state index in [-0.39, 0.29) is 6.04 Å². The molecule has 2 heterocycles. The first-order valence-corrected chi connectivity index (χ1v) is 7.35. The summed E-state index contributed by atoms with van der Waals surface area (Å²) >= 11 is 0. The summed E-state index contributed by atoms with van der Waals surface area (Å²) in [4.78, 5) is 16.1. The molecule has 0 N–H and O–H groups in total. The monoisotopic (exact) mass is 288 g/mol. The van der Waals surface area contributed by atoms with Gasteiger partial charge in [0, 0.05) is 12.6 Å². The molecule has 0 spiro atoms. The molecule has 2 aromatic rings. The minimum atomic E-state index is -0.0321. The Balaban J connectivity index is 1.93. The van der Waals surface area contributed by atoms with E-state index in [0.29, 0.717) is 6.54 Å². The number of amidine groups is 1. The van der Waals surface area contributed by atoms with Crippen LogP contribution in [-0.2, 0) is 0 Å². The Morgan fingerprint density at radius 2 is 1.77 bits per heavy atom. The van der Waals surface area contributed by atoms with Gasteiger partial charge < -0.3 is 4.90 Å². The number of para-hydroxylation sites is 1. The molecule has 0 aliphatic carbocycles. The largest absolute Gasteiger partial charge is 0.319 e. The van der Waals surface area contributed by atoms with E-state index in [1.165, 1.54) is 5.56 Å². The maximum atomic E-state index is 4.99. The van der Waals surface area contributed by atoms with Crippen molar-refractivity contribution in [1.82, 2.24) is 4.90 Å². The van der Waals surface area contributed by atoms with E-state index in [1.54, 1.807) is 0 Å². The van der Waals surface area contributed by atoms with E-state index in [0.717, 1.165) is 22.8 Å². The van der Waals surface area contributed by atoms with E-state index in [2.05, 4.69) is 41.4 Å². The quantitative estimate of drug-likeness (QED) is 0.794. The Labute approximate surface area is 129 Å². The molecule has 2 aliphatic heterocycles. The zero-order chi connectivity index (χ0) is 14.9. The molecule has 1 atom stereocenters. The molecule has 0 saturated heterocycles. The molecule has 0 bridgehead atoms. The lowest BCUT2D eigenvalue weighted by molar-refractivity contribution is 0.770. The van der Waals surface area contributed by atoms with Crippen molar-refractivity contribution < 1.29 is 0 Å². The van der Waals surface area contributed by atoms with Crippen LogP contribution in [0.15, 0.2) is 69.6 Å². The van der Waals surface area contributed by atoms with Gasteiger partial charge in [0.1, 0.15) is 11.8 Å². The van der Waals surface area contributed by atoms with Crippen LogP contribution in [0.25, 0.3) is 0 Å². The second kappa shape index (κ2) is 5.22. The maximum absolute atomic E-state index is 4.99. The Morgan fingerprint density at radius 1 is 1.00 bits per heavy atom. The number of hydrogen-bond acceptors (Lipinski definition) is 4. The van der Waals surface area contributed by atoms with Crippen LogP contribution in [0.4, 0.5) is 5.69 Å². The van der Waals surface area contributed by atoms with Crippen LogP contribution >= 0.6 is 0 Å². The average Bonchev–Trinajstić information content (AvgIpc) is 2.74. The van der Waals surface area contributed by atoms with Gasteiger partial charge in [0.25, 0.3) is 0 Å². The van der Waals surface area contributed by atoms with Gasteiger partial charge in [-0.05, 0) is 11.6 Å². The summed E-state index contributed by atoms with van der Waals surface area (Å²) in [7, 11) is 1.96. The summed E-state index contributed by atoms with van der Waals surface area (Å²) in [5.74, 6) is 0.890. The van der Waals surface area contributed by atoms with E-state index in [1.807, 2.05) is 36.5 Å². The Kier molecular flexibility index (Phi) is 3.07. The van der Waals surface area contributed by atoms with Crippen molar-refractivity contribution in [2.45, 2.75) is 6.04 Å². The van der Waals surface area contributed by atoms with Crippen LogP contribution in [0.2, 0.25) is 0 Å². The smallest absolute Gasteiger partial charge is 0.157 e. The Hall–Kier alpha value is -2.75. The van der Waals surface area contributed by atoms with Crippen molar-refractivity contribution in [1.29, 1.82) is 0 Å². The highest BCUT2D eigenvalue weighted by Crippen LogP contribution is 2.35. The molecule has 4 nitrogen and oxygen atoms in total. The fraction of sp³-hybridized carbons (Fsp3) is 0.167. The molecule has 2 aromatic carbocycles. The van der Waals surface area contributed by atoms with Crippen LogP contribution in [0.5, 0.6) is 0 Å². The number of rotatable bonds is 1. The van der Waals surface area contributed by atoms with Crippen LogP contribution in [0.3, 0.4) is 0 Å². The third-order valence-corrected chi connectivity index (χ3v) is 3.95. The number of fused-ring (bicyclic) bond motifs is 2. The van der Waals surface area contributed by atoms with Gasteiger partial charge in [0.05, 0.1) is 18.6 Å². The van der Waals surface area contributed by atoms with Gasteiger partial charge in [0.15, 0.2) is 5.84 Å². The first kappa shape index (κ1) is 13.0. The summed E-state index contributed by atoms with van der Waals surface area (Å²) in [6.07, 6.45) is 1.81. The molecule has 4 heteroatoms. The van der Waals surface area contributed by atoms with Gasteiger partial charge in [0.2, 0.25) is 0 Å². The first-order valence-electron chi connectivity index (χ1n) is 7.35. The second-order valence-corrected chi connectivity index (χ2v) is 5.45. The topological polar surface area (TPSA) is 40.3 Å². The predicted molar refractivity (Wildman–Crippen MR) is 90.4 cm³/mol. The third kappa shape index (κ3) is 2.13. The molecule has 4 rings (SSSR count). The molecule has 22 heavy (non-hydrogen) atoms. The molecule has 0 aromatic heterocycles. The van der Waals surface area contributed by atoms with E-state index in [9.17, 15) is 0 Å². The zero-order valence-corrected chi connectivity index (χ0v) is 12.3. The van der Waals surface area contributed by atoms with Crippen LogP contribution in [-0.4, -0.2) is 36.4 Å². The van der Waals surface area contributed by atoms with Crippen LogP contribution in [0, 0.1) is 0 Å². The number of hydrogen-bond donors (Lipinski definition) is 0. The molecular weight excluding hydrogens is 272 g/mol. The van der Waals surface area contributed by atoms with Crippen molar-refractivity contribution in [2.75, 3.05) is 13.6 Å². The molecule has 2 aliphatic rings. The van der Waals surface area contributed by atoms with E-state index in [4.69, 9.17) is 9.98 Å². The van der Waals surface area contributed by atoms with Gasteiger partial charge in [-0.3, -0.25) is 9.98 Å². The summed E-state index contributed by atoms with van der Waals surface area (Å²) in [5, 5.41) is 0. The molecule has 1 unspecified atom stereocenters. The van der Waals surface area contributed by atoms with Crippen molar-refractivity contribution >= 4 is 23.6 Å². The van der Waals surface area contributed by atoms with E-state index >= 15 is 0 Å². The average molecular weight is 288 g/mol. The number of aliphatic imine (C=N–C) groups is 3. The predicted octanol–water partition coefficient (Wildman–Crippen LogP) is 3.23. The normalized spacial score (nSPS) is 19.7. The van der Waals surface area contributed by atoms with Crippen molar-refractivity contribution in [3.8, 4) is 0 Å². The minimum Gasteiger partial charge on any atom is -0.319 e. The zero-order valence-electron chi connectivity index (χ0n) is 12.3. The molecule has 0 saturated carbocycles. The second-order valence-electron chi connectivity index (χ2n) is 5.45. The molecule has 0 radical (unpaired) electrons. The van der Waals surface area contributed by atoms with Gasteiger partial charge in [-0.15, -0.1) is 0 Å². The van der Waals surface area contributed by atoms with Gasteiger partial charge >= 0.3 is 0 Å². The highest BCUT2D eigenvalue weighted by molar-refractivity contribution is 6.45. The van der Waals surface area contributed by atoms with Gasteiger partial charge in [-0.2, -0.15) is 0 Å². The lowest BCUT2D eigenvalue weighted by Crippen LogP contribution is -2.37. The SMILES string of the molecule is CN1C=NCC2=NC(c3ccccc3)c3ccccc3N=C21. The van der Waals surface area contributed by atoms with Crippen molar-refractivity contribution in [3.63, 3.8) is 0 Å². The van der Waals surface area contributed by atoms with Gasteiger partial charge in [-0.25, -0.2) is 4.99 Å². The summed E-state index contributed by atoms with van der Waals surface area (Å²) in [6, 6.07) is 18.6. The lowest BCUT2D eigenvalue weighted by Gasteiger charge is -2.21. The highest BCUT2D eigenvalue weighted by Gasteiger charge is 2.25.